The van der Waals surface area contributed by atoms with Crippen LogP contribution in [0.4, 0.5) is 0 Å². The SMILES string of the molecule is CCNC(=NCC1(C(=O)N(C)C)CCCC1)NCCc1sc(C)nc1C.I. The van der Waals surface area contributed by atoms with Crippen molar-refractivity contribution in [3.63, 3.8) is 0 Å². The molecule has 8 heteroatoms. The predicted molar refractivity (Wildman–Crippen MR) is 124 cm³/mol. The van der Waals surface area contributed by atoms with Crippen molar-refractivity contribution in [2.45, 2.75) is 52.9 Å². The van der Waals surface area contributed by atoms with Crippen molar-refractivity contribution >= 4 is 47.2 Å². The Morgan fingerprint density at radius 3 is 2.44 bits per heavy atom. The third-order valence-corrected chi connectivity index (χ3v) is 6.08. The van der Waals surface area contributed by atoms with Gasteiger partial charge in [0.1, 0.15) is 0 Å². The summed E-state index contributed by atoms with van der Waals surface area (Å²) in [6.07, 6.45) is 5.04. The van der Waals surface area contributed by atoms with Gasteiger partial charge >= 0.3 is 0 Å². The fourth-order valence-corrected chi connectivity index (χ4v) is 4.57. The van der Waals surface area contributed by atoms with Gasteiger partial charge in [0.15, 0.2) is 5.96 Å². The molecule has 1 fully saturated rings. The summed E-state index contributed by atoms with van der Waals surface area (Å²) >= 11 is 1.76. The number of thiazole rings is 1. The number of carbonyl (C=O) groups is 1. The van der Waals surface area contributed by atoms with E-state index in [9.17, 15) is 4.79 Å². The summed E-state index contributed by atoms with van der Waals surface area (Å²) < 4.78 is 0. The van der Waals surface area contributed by atoms with Crippen LogP contribution in [0.25, 0.3) is 0 Å². The van der Waals surface area contributed by atoms with Gasteiger partial charge in [0.25, 0.3) is 0 Å². The number of aromatic nitrogens is 1. The minimum atomic E-state index is -0.322. The molecule has 0 atom stereocenters. The lowest BCUT2D eigenvalue weighted by molar-refractivity contribution is -0.138. The number of rotatable bonds is 7. The van der Waals surface area contributed by atoms with Crippen molar-refractivity contribution in [3.8, 4) is 0 Å². The molecule has 0 aliphatic heterocycles. The van der Waals surface area contributed by atoms with Gasteiger partial charge in [-0.2, -0.15) is 0 Å². The first-order valence-corrected chi connectivity index (χ1v) is 10.4. The van der Waals surface area contributed by atoms with Gasteiger partial charge in [-0.15, -0.1) is 35.3 Å². The summed E-state index contributed by atoms with van der Waals surface area (Å²) in [5.41, 5.74) is 0.801. The fourth-order valence-electron chi connectivity index (χ4n) is 3.64. The molecule has 0 aromatic carbocycles. The maximum Gasteiger partial charge on any atom is 0.230 e. The van der Waals surface area contributed by atoms with Crippen molar-refractivity contribution in [1.29, 1.82) is 0 Å². The predicted octanol–water partition coefficient (Wildman–Crippen LogP) is 3.12. The molecule has 0 spiro atoms. The zero-order valence-electron chi connectivity index (χ0n) is 17.2. The number of nitrogens with zero attached hydrogens (tertiary/aromatic N) is 3. The second-order valence-corrected chi connectivity index (χ2v) is 8.59. The lowest BCUT2D eigenvalue weighted by Gasteiger charge is -2.29. The molecule has 2 rings (SSSR count). The molecule has 0 radical (unpaired) electrons. The second-order valence-electron chi connectivity index (χ2n) is 7.30. The molecule has 1 saturated carbocycles. The molecule has 6 nitrogen and oxygen atoms in total. The number of nitrogens with one attached hydrogen (secondary N) is 2. The normalized spacial score (nSPS) is 16.0. The highest BCUT2D eigenvalue weighted by molar-refractivity contribution is 14.0. The molecule has 154 valence electrons. The zero-order chi connectivity index (χ0) is 19.2. The first-order valence-electron chi connectivity index (χ1n) is 9.55. The van der Waals surface area contributed by atoms with Gasteiger partial charge in [0, 0.05) is 38.5 Å². The van der Waals surface area contributed by atoms with E-state index in [1.807, 2.05) is 21.0 Å². The molecule has 1 amide bonds. The van der Waals surface area contributed by atoms with Gasteiger partial charge in [0.2, 0.25) is 5.91 Å². The Bertz CT molecular complexity index is 638. The molecular formula is C19H34IN5OS. The topological polar surface area (TPSA) is 69.6 Å². The summed E-state index contributed by atoms with van der Waals surface area (Å²) in [6.45, 7) is 8.34. The van der Waals surface area contributed by atoms with Crippen LogP contribution in [0, 0.1) is 19.3 Å². The lowest BCUT2D eigenvalue weighted by Crippen LogP contribution is -2.43. The average molecular weight is 507 g/mol. The van der Waals surface area contributed by atoms with Crippen LogP contribution < -0.4 is 10.6 Å². The number of amides is 1. The molecule has 0 unspecified atom stereocenters. The maximum atomic E-state index is 12.7. The van der Waals surface area contributed by atoms with Crippen LogP contribution in [0.3, 0.4) is 0 Å². The zero-order valence-corrected chi connectivity index (χ0v) is 20.4. The van der Waals surface area contributed by atoms with Gasteiger partial charge in [-0.1, -0.05) is 12.8 Å². The highest BCUT2D eigenvalue weighted by Gasteiger charge is 2.42. The van der Waals surface area contributed by atoms with Crippen LogP contribution >= 0.6 is 35.3 Å². The van der Waals surface area contributed by atoms with Crippen LogP contribution in [-0.4, -0.2) is 55.5 Å². The van der Waals surface area contributed by atoms with Gasteiger partial charge in [0.05, 0.1) is 22.7 Å². The number of hydrogen-bond acceptors (Lipinski definition) is 4. The Morgan fingerprint density at radius 1 is 1.26 bits per heavy atom. The molecule has 1 aliphatic rings. The summed E-state index contributed by atoms with van der Waals surface area (Å²) in [4.78, 5) is 25.0. The van der Waals surface area contributed by atoms with Crippen molar-refractivity contribution in [2.75, 3.05) is 33.7 Å². The van der Waals surface area contributed by atoms with Gasteiger partial charge in [-0.3, -0.25) is 9.79 Å². The monoisotopic (exact) mass is 507 g/mol. The third kappa shape index (κ3) is 6.58. The maximum absolute atomic E-state index is 12.7. The third-order valence-electron chi connectivity index (χ3n) is 4.95. The second kappa shape index (κ2) is 11.2. The van der Waals surface area contributed by atoms with E-state index in [0.717, 1.165) is 61.9 Å². The summed E-state index contributed by atoms with van der Waals surface area (Å²) in [5.74, 6) is 1.01. The first kappa shape index (κ1) is 24.1. The highest BCUT2D eigenvalue weighted by Crippen LogP contribution is 2.39. The van der Waals surface area contributed by atoms with E-state index in [-0.39, 0.29) is 35.3 Å². The van der Waals surface area contributed by atoms with E-state index in [0.29, 0.717) is 6.54 Å². The molecule has 1 aliphatic carbocycles. The van der Waals surface area contributed by atoms with Crippen LogP contribution in [0.5, 0.6) is 0 Å². The van der Waals surface area contributed by atoms with Crippen molar-refractivity contribution in [2.24, 2.45) is 10.4 Å². The van der Waals surface area contributed by atoms with E-state index in [1.165, 1.54) is 4.88 Å². The number of aliphatic imine (C=N–C) groups is 1. The first-order chi connectivity index (χ1) is 12.4. The molecule has 1 aromatic heterocycles. The fraction of sp³-hybridized carbons (Fsp3) is 0.737. The summed E-state index contributed by atoms with van der Waals surface area (Å²) in [5, 5.41) is 7.82. The highest BCUT2D eigenvalue weighted by atomic mass is 127. The van der Waals surface area contributed by atoms with Crippen LogP contribution in [0.15, 0.2) is 4.99 Å². The smallest absolute Gasteiger partial charge is 0.230 e. The van der Waals surface area contributed by atoms with Crippen LogP contribution in [0.1, 0.15) is 48.2 Å². The molecule has 2 N–H and O–H groups in total. The Labute approximate surface area is 184 Å². The van der Waals surface area contributed by atoms with Gasteiger partial charge < -0.3 is 15.5 Å². The molecule has 1 aromatic rings. The number of halogens is 1. The van der Waals surface area contributed by atoms with Crippen LogP contribution in [0.2, 0.25) is 0 Å². The van der Waals surface area contributed by atoms with E-state index < -0.39 is 0 Å². The minimum Gasteiger partial charge on any atom is -0.357 e. The Kier molecular flexibility index (Phi) is 10.0. The number of hydrogen-bond donors (Lipinski definition) is 2. The van der Waals surface area contributed by atoms with Crippen LogP contribution in [-0.2, 0) is 11.2 Å². The van der Waals surface area contributed by atoms with Crippen molar-refractivity contribution in [1.82, 2.24) is 20.5 Å². The Hall–Kier alpha value is -0.900. The quantitative estimate of drug-likeness (QED) is 0.338. The van der Waals surface area contributed by atoms with E-state index >= 15 is 0 Å². The number of guanidine groups is 1. The lowest BCUT2D eigenvalue weighted by atomic mass is 9.85. The Balaban J connectivity index is 0.00000364. The summed E-state index contributed by atoms with van der Waals surface area (Å²) in [7, 11) is 3.68. The Morgan fingerprint density at radius 2 is 1.93 bits per heavy atom. The van der Waals surface area contributed by atoms with E-state index in [4.69, 9.17) is 4.99 Å². The minimum absolute atomic E-state index is 0. The van der Waals surface area contributed by atoms with Crippen molar-refractivity contribution in [3.05, 3.63) is 15.6 Å². The number of aryl methyl sites for hydroxylation is 2. The summed E-state index contributed by atoms with van der Waals surface area (Å²) in [6, 6.07) is 0. The van der Waals surface area contributed by atoms with Gasteiger partial charge in [-0.05, 0) is 33.6 Å². The molecule has 1 heterocycles. The largest absolute Gasteiger partial charge is 0.357 e. The molecule has 27 heavy (non-hydrogen) atoms. The molecule has 0 bridgehead atoms. The van der Waals surface area contributed by atoms with E-state index in [2.05, 4.69) is 29.5 Å². The van der Waals surface area contributed by atoms with Gasteiger partial charge in [-0.25, -0.2) is 4.98 Å². The van der Waals surface area contributed by atoms with Crippen molar-refractivity contribution < 1.29 is 4.79 Å². The molecule has 0 saturated heterocycles. The average Bonchev–Trinajstić information content (AvgIpc) is 3.19. The molecular weight excluding hydrogens is 473 g/mol. The van der Waals surface area contributed by atoms with E-state index in [1.54, 1.807) is 16.2 Å². The number of carbonyl (C=O) groups excluding carboxylic acids is 1. The standard InChI is InChI=1S/C19H33N5OS.HI/c1-6-20-18(21-12-9-16-14(2)23-15(3)26-16)22-13-19(10-7-8-11-19)17(25)24(4)5;/h6-13H2,1-5H3,(H2,20,21,22);1H.